The van der Waals surface area contributed by atoms with Crippen LogP contribution >= 0.6 is 0 Å². The third kappa shape index (κ3) is 7.63. The fraction of sp³-hybridized carbons (Fsp3) is 0.667. The van der Waals surface area contributed by atoms with Crippen molar-refractivity contribution in [1.82, 2.24) is 10.2 Å². The molecule has 6 nitrogen and oxygen atoms in total. The van der Waals surface area contributed by atoms with E-state index in [1.54, 1.807) is 4.90 Å². The van der Waals surface area contributed by atoms with Crippen molar-refractivity contribution in [3.8, 4) is 0 Å². The van der Waals surface area contributed by atoms with E-state index in [1.165, 1.54) is 24.0 Å². The van der Waals surface area contributed by atoms with Gasteiger partial charge in [0, 0.05) is 30.6 Å². The number of aryl methyl sites for hydroxylation is 1. The summed E-state index contributed by atoms with van der Waals surface area (Å²) in [6, 6.07) is 9.29. The van der Waals surface area contributed by atoms with Crippen LogP contribution in [0.3, 0.4) is 0 Å². The standard InChI is InChI=1S/C24H39N3O3/c1-5-7-8-19-9-11-20(12-10-19)23(18(3)4)25-17-22(28)26-21-13-15-27(16-14-21)24(29)30-6-2/h9-12,18,21,23,25H,5-8,13-17H2,1-4H3,(H,26,28)/p+1/t23-/m0/s1. The zero-order valence-electron chi connectivity index (χ0n) is 19.2. The second-order valence-corrected chi connectivity index (χ2v) is 8.58. The Morgan fingerprint density at radius 1 is 1.17 bits per heavy atom. The molecule has 6 heteroatoms. The van der Waals surface area contributed by atoms with Crippen molar-refractivity contribution >= 4 is 12.0 Å². The maximum absolute atomic E-state index is 12.5. The zero-order valence-corrected chi connectivity index (χ0v) is 19.2. The number of benzene rings is 1. The Morgan fingerprint density at radius 2 is 1.83 bits per heavy atom. The van der Waals surface area contributed by atoms with Crippen LogP contribution in [0.4, 0.5) is 4.79 Å². The first-order valence-electron chi connectivity index (χ1n) is 11.6. The van der Waals surface area contributed by atoms with E-state index in [1.807, 2.05) is 6.92 Å². The fourth-order valence-electron chi connectivity index (χ4n) is 4.02. The van der Waals surface area contributed by atoms with Crippen molar-refractivity contribution < 1.29 is 19.6 Å². The molecule has 0 radical (unpaired) electrons. The van der Waals surface area contributed by atoms with Gasteiger partial charge in [-0.25, -0.2) is 4.79 Å². The molecule has 168 valence electrons. The number of hydrogen-bond acceptors (Lipinski definition) is 3. The molecule has 1 aliphatic rings. The van der Waals surface area contributed by atoms with Crippen LogP contribution in [-0.4, -0.2) is 49.2 Å². The molecule has 1 aromatic rings. The van der Waals surface area contributed by atoms with Crippen molar-refractivity contribution in [2.45, 2.75) is 71.9 Å². The number of amides is 2. The van der Waals surface area contributed by atoms with Gasteiger partial charge in [-0.1, -0.05) is 51.5 Å². The molecule has 1 saturated heterocycles. The minimum Gasteiger partial charge on any atom is -0.450 e. The van der Waals surface area contributed by atoms with Gasteiger partial charge in [0.2, 0.25) is 0 Å². The first-order chi connectivity index (χ1) is 14.4. The molecule has 30 heavy (non-hydrogen) atoms. The van der Waals surface area contributed by atoms with Gasteiger partial charge in [-0.05, 0) is 38.2 Å². The minimum absolute atomic E-state index is 0.0646. The van der Waals surface area contributed by atoms with Gasteiger partial charge < -0.3 is 20.3 Å². The Morgan fingerprint density at radius 3 is 2.40 bits per heavy atom. The Bertz CT molecular complexity index is 652. The molecule has 1 atom stereocenters. The van der Waals surface area contributed by atoms with Crippen LogP contribution in [0, 0.1) is 5.92 Å². The predicted molar refractivity (Wildman–Crippen MR) is 119 cm³/mol. The first-order valence-corrected chi connectivity index (χ1v) is 11.6. The van der Waals surface area contributed by atoms with Crippen molar-refractivity contribution in [3.63, 3.8) is 0 Å². The van der Waals surface area contributed by atoms with Gasteiger partial charge in [-0.15, -0.1) is 0 Å². The Balaban J connectivity index is 1.79. The molecule has 0 spiro atoms. The van der Waals surface area contributed by atoms with Gasteiger partial charge in [-0.3, -0.25) is 4.79 Å². The average Bonchev–Trinajstić information content (AvgIpc) is 2.73. The zero-order chi connectivity index (χ0) is 21.9. The van der Waals surface area contributed by atoms with Crippen LogP contribution < -0.4 is 10.6 Å². The highest BCUT2D eigenvalue weighted by molar-refractivity contribution is 5.77. The minimum atomic E-state index is -0.254. The number of unbranched alkanes of at least 4 members (excludes halogenated alkanes) is 1. The molecule has 2 amide bonds. The second-order valence-electron chi connectivity index (χ2n) is 8.58. The van der Waals surface area contributed by atoms with Crippen LogP contribution in [0.25, 0.3) is 0 Å². The van der Waals surface area contributed by atoms with Crippen molar-refractivity contribution in [3.05, 3.63) is 35.4 Å². The molecule has 1 aromatic carbocycles. The lowest BCUT2D eigenvalue weighted by Gasteiger charge is -2.31. The number of quaternary nitrogens is 1. The van der Waals surface area contributed by atoms with Gasteiger partial charge in [0.25, 0.3) is 5.91 Å². The molecule has 0 aromatic heterocycles. The molecule has 3 N–H and O–H groups in total. The smallest absolute Gasteiger partial charge is 0.409 e. The summed E-state index contributed by atoms with van der Waals surface area (Å²) < 4.78 is 5.05. The Hall–Kier alpha value is -2.08. The summed E-state index contributed by atoms with van der Waals surface area (Å²) in [6.45, 7) is 10.5. The Labute approximate surface area is 181 Å². The molecule has 0 unspecified atom stereocenters. The third-order valence-corrected chi connectivity index (χ3v) is 5.85. The lowest BCUT2D eigenvalue weighted by molar-refractivity contribution is -0.692. The largest absolute Gasteiger partial charge is 0.450 e. The second kappa shape index (κ2) is 12.6. The maximum Gasteiger partial charge on any atom is 0.409 e. The predicted octanol–water partition coefficient (Wildman–Crippen LogP) is 3.03. The highest BCUT2D eigenvalue weighted by atomic mass is 16.6. The van der Waals surface area contributed by atoms with Gasteiger partial charge in [-0.2, -0.15) is 0 Å². The van der Waals surface area contributed by atoms with E-state index in [-0.39, 0.29) is 24.1 Å². The number of likely N-dealkylation sites (tertiary alicyclic amines) is 1. The number of nitrogens with one attached hydrogen (secondary N) is 1. The van der Waals surface area contributed by atoms with E-state index in [4.69, 9.17) is 4.74 Å². The first kappa shape index (κ1) is 24.2. The summed E-state index contributed by atoms with van der Waals surface area (Å²) in [6.07, 6.45) is 4.86. The monoisotopic (exact) mass is 418 g/mol. The molecule has 0 aliphatic carbocycles. The number of carbonyl (C=O) groups is 2. The molecular weight excluding hydrogens is 378 g/mol. The summed E-state index contributed by atoms with van der Waals surface area (Å²) in [7, 11) is 0. The van der Waals surface area contributed by atoms with Crippen molar-refractivity contribution in [1.29, 1.82) is 0 Å². The summed E-state index contributed by atoms with van der Waals surface area (Å²) >= 11 is 0. The quantitative estimate of drug-likeness (QED) is 0.613. The topological polar surface area (TPSA) is 75.3 Å². The molecule has 1 heterocycles. The van der Waals surface area contributed by atoms with Gasteiger partial charge in [0.15, 0.2) is 6.54 Å². The van der Waals surface area contributed by atoms with Crippen LogP contribution in [0.5, 0.6) is 0 Å². The van der Waals surface area contributed by atoms with Crippen LogP contribution in [-0.2, 0) is 16.0 Å². The average molecular weight is 419 g/mol. The number of piperidine rings is 1. The SMILES string of the molecule is CCCCc1ccc([C@@H]([NH2+]CC(=O)NC2CCN(C(=O)OCC)CC2)C(C)C)cc1. The van der Waals surface area contributed by atoms with Crippen molar-refractivity contribution in [2.24, 2.45) is 5.92 Å². The van der Waals surface area contributed by atoms with Crippen LogP contribution in [0.15, 0.2) is 24.3 Å². The Kier molecular flexibility index (Phi) is 10.1. The number of nitrogens with two attached hydrogens (primary N) is 1. The third-order valence-electron chi connectivity index (χ3n) is 5.85. The van der Waals surface area contributed by atoms with E-state index in [0.717, 1.165) is 19.3 Å². The van der Waals surface area contributed by atoms with E-state index in [2.05, 4.69) is 55.7 Å². The summed E-state index contributed by atoms with van der Waals surface area (Å²) in [5.41, 5.74) is 2.66. The van der Waals surface area contributed by atoms with Crippen LogP contribution in [0.2, 0.25) is 0 Å². The van der Waals surface area contributed by atoms with E-state index in [9.17, 15) is 9.59 Å². The lowest BCUT2D eigenvalue weighted by Crippen LogP contribution is -2.88. The number of hydrogen-bond donors (Lipinski definition) is 2. The molecule has 0 bridgehead atoms. The summed E-state index contributed by atoms with van der Waals surface area (Å²) in [5, 5.41) is 5.29. The number of nitrogens with zero attached hydrogens (tertiary/aromatic N) is 1. The molecule has 1 fully saturated rings. The van der Waals surface area contributed by atoms with Gasteiger partial charge in [0.05, 0.1) is 6.61 Å². The highest BCUT2D eigenvalue weighted by Crippen LogP contribution is 2.19. The van der Waals surface area contributed by atoms with E-state index >= 15 is 0 Å². The summed E-state index contributed by atoms with van der Waals surface area (Å²) in [4.78, 5) is 26.0. The van der Waals surface area contributed by atoms with Gasteiger partial charge >= 0.3 is 6.09 Å². The molecule has 1 aliphatic heterocycles. The van der Waals surface area contributed by atoms with Crippen molar-refractivity contribution in [2.75, 3.05) is 26.2 Å². The summed E-state index contributed by atoms with van der Waals surface area (Å²) in [5.74, 6) is 0.502. The molecule has 0 saturated carbocycles. The van der Waals surface area contributed by atoms with Crippen LogP contribution in [0.1, 0.15) is 70.5 Å². The van der Waals surface area contributed by atoms with Gasteiger partial charge in [0.1, 0.15) is 6.04 Å². The fourth-order valence-corrected chi connectivity index (χ4v) is 4.02. The van der Waals surface area contributed by atoms with E-state index < -0.39 is 0 Å². The normalized spacial score (nSPS) is 15.8. The maximum atomic E-state index is 12.5. The lowest BCUT2D eigenvalue weighted by atomic mass is 9.94. The van der Waals surface area contributed by atoms with E-state index in [0.29, 0.717) is 32.2 Å². The highest BCUT2D eigenvalue weighted by Gasteiger charge is 2.26. The number of rotatable bonds is 10. The molecular formula is C24H40N3O3+. The molecule has 2 rings (SSSR count). The number of carbonyl (C=O) groups excluding carboxylic acids is 2. The number of ether oxygens (including phenoxy) is 1.